The average Bonchev–Trinajstić information content (AvgIpc) is 2.67. The zero-order valence-corrected chi connectivity index (χ0v) is 25.0. The SMILES string of the molecule is CCCCCCC(CCC(C)CC(C)(C)C)OC(CCCCCC)CCC(C)CC(C)(C)C. The lowest BCUT2D eigenvalue weighted by atomic mass is 9.83. The van der Waals surface area contributed by atoms with Gasteiger partial charge in [0.15, 0.2) is 0 Å². The molecule has 0 spiro atoms. The molecule has 33 heavy (non-hydrogen) atoms. The normalized spacial score (nSPS) is 16.5. The van der Waals surface area contributed by atoms with Crippen LogP contribution in [0.15, 0.2) is 0 Å². The van der Waals surface area contributed by atoms with E-state index in [-0.39, 0.29) is 0 Å². The lowest BCUT2D eigenvalue weighted by Gasteiger charge is -2.29. The average molecular weight is 467 g/mol. The fourth-order valence-corrected chi connectivity index (χ4v) is 5.67. The first-order chi connectivity index (χ1) is 15.4. The fourth-order valence-electron chi connectivity index (χ4n) is 5.67. The van der Waals surface area contributed by atoms with E-state index in [2.05, 4.69) is 69.2 Å². The molecular weight excluding hydrogens is 400 g/mol. The van der Waals surface area contributed by atoms with Crippen LogP contribution in [0.4, 0.5) is 0 Å². The third kappa shape index (κ3) is 22.2. The highest BCUT2D eigenvalue weighted by atomic mass is 16.5. The van der Waals surface area contributed by atoms with Crippen molar-refractivity contribution < 1.29 is 4.74 Å². The van der Waals surface area contributed by atoms with Crippen LogP contribution in [0.1, 0.15) is 172 Å². The van der Waals surface area contributed by atoms with Gasteiger partial charge >= 0.3 is 0 Å². The van der Waals surface area contributed by atoms with Crippen molar-refractivity contribution >= 4 is 0 Å². The zero-order chi connectivity index (χ0) is 25.3. The van der Waals surface area contributed by atoms with Gasteiger partial charge in [0.05, 0.1) is 12.2 Å². The van der Waals surface area contributed by atoms with Crippen LogP contribution in [0.25, 0.3) is 0 Å². The Kier molecular flexibility index (Phi) is 18.2. The van der Waals surface area contributed by atoms with Crippen molar-refractivity contribution in [3.05, 3.63) is 0 Å². The van der Waals surface area contributed by atoms with Crippen LogP contribution in [0.5, 0.6) is 0 Å². The molecule has 0 aliphatic carbocycles. The maximum absolute atomic E-state index is 6.97. The van der Waals surface area contributed by atoms with Crippen LogP contribution < -0.4 is 0 Å². The van der Waals surface area contributed by atoms with Crippen molar-refractivity contribution in [1.29, 1.82) is 0 Å². The Morgan fingerprint density at radius 3 is 1.15 bits per heavy atom. The highest BCUT2D eigenvalue weighted by Gasteiger charge is 2.22. The molecule has 0 saturated carbocycles. The Morgan fingerprint density at radius 2 is 0.848 bits per heavy atom. The van der Waals surface area contributed by atoms with Gasteiger partial charge < -0.3 is 4.74 Å². The quantitative estimate of drug-likeness (QED) is 0.162. The second-order valence-corrected chi connectivity index (χ2v) is 14.0. The van der Waals surface area contributed by atoms with E-state index in [0.717, 1.165) is 11.8 Å². The molecule has 4 unspecified atom stereocenters. The highest BCUT2D eigenvalue weighted by Crippen LogP contribution is 2.31. The van der Waals surface area contributed by atoms with E-state index in [1.807, 2.05) is 0 Å². The minimum absolute atomic E-state index is 0.432. The molecule has 0 aliphatic heterocycles. The molecule has 0 aliphatic rings. The Hall–Kier alpha value is -0.0400. The molecule has 4 atom stereocenters. The summed E-state index contributed by atoms with van der Waals surface area (Å²) in [6, 6.07) is 0. The molecule has 0 rings (SSSR count). The smallest absolute Gasteiger partial charge is 0.0579 e. The molecule has 0 radical (unpaired) electrons. The monoisotopic (exact) mass is 467 g/mol. The molecule has 0 amide bonds. The number of unbranched alkanes of at least 4 members (excludes halogenated alkanes) is 6. The summed E-state index contributed by atoms with van der Waals surface area (Å²) in [7, 11) is 0. The van der Waals surface area contributed by atoms with E-state index in [1.165, 1.54) is 103 Å². The molecule has 1 heteroatoms. The van der Waals surface area contributed by atoms with Gasteiger partial charge in [-0.15, -0.1) is 0 Å². The van der Waals surface area contributed by atoms with Gasteiger partial charge in [-0.1, -0.05) is 121 Å². The summed E-state index contributed by atoms with van der Waals surface area (Å²) >= 11 is 0. The van der Waals surface area contributed by atoms with E-state index in [0.29, 0.717) is 23.0 Å². The Labute approximate surface area is 211 Å². The van der Waals surface area contributed by atoms with Gasteiger partial charge in [-0.05, 0) is 74.0 Å². The first-order valence-corrected chi connectivity index (χ1v) is 15.0. The Morgan fingerprint density at radius 1 is 0.485 bits per heavy atom. The lowest BCUT2D eigenvalue weighted by Crippen LogP contribution is -2.25. The van der Waals surface area contributed by atoms with E-state index < -0.39 is 0 Å². The third-order valence-electron chi connectivity index (χ3n) is 7.03. The molecule has 0 aromatic rings. The van der Waals surface area contributed by atoms with Gasteiger partial charge in [0.25, 0.3) is 0 Å². The van der Waals surface area contributed by atoms with E-state index in [4.69, 9.17) is 4.74 Å². The number of ether oxygens (including phenoxy) is 1. The second-order valence-electron chi connectivity index (χ2n) is 14.0. The van der Waals surface area contributed by atoms with E-state index >= 15 is 0 Å². The van der Waals surface area contributed by atoms with Crippen LogP contribution in [0, 0.1) is 22.7 Å². The summed E-state index contributed by atoms with van der Waals surface area (Å²) in [5, 5.41) is 0. The molecule has 1 nitrogen and oxygen atoms in total. The summed E-state index contributed by atoms with van der Waals surface area (Å²) in [6.07, 6.45) is 22.1. The van der Waals surface area contributed by atoms with Crippen LogP contribution in [-0.2, 0) is 4.74 Å². The van der Waals surface area contributed by atoms with Crippen LogP contribution in [0.2, 0.25) is 0 Å². The molecule has 0 aromatic carbocycles. The van der Waals surface area contributed by atoms with Gasteiger partial charge in [0.2, 0.25) is 0 Å². The number of rotatable bonds is 20. The lowest BCUT2D eigenvalue weighted by molar-refractivity contribution is -0.0359. The van der Waals surface area contributed by atoms with Gasteiger partial charge in [-0.25, -0.2) is 0 Å². The van der Waals surface area contributed by atoms with E-state index in [9.17, 15) is 0 Å². The zero-order valence-electron chi connectivity index (χ0n) is 25.0. The standard InChI is InChI=1S/C32H66O/c1-11-13-15-17-19-29(23-21-27(3)25-31(5,6)7)33-30(20-18-16-14-12-2)24-22-28(4)26-32(8,9)10/h27-30H,11-26H2,1-10H3. The summed E-state index contributed by atoms with van der Waals surface area (Å²) in [5.41, 5.74) is 0.865. The molecule has 0 heterocycles. The predicted molar refractivity (Wildman–Crippen MR) is 151 cm³/mol. The molecular formula is C32H66O. The number of hydrogen-bond donors (Lipinski definition) is 0. The molecule has 0 N–H and O–H groups in total. The first-order valence-electron chi connectivity index (χ1n) is 15.0. The summed E-state index contributed by atoms with van der Waals surface area (Å²) in [4.78, 5) is 0. The van der Waals surface area contributed by atoms with Gasteiger partial charge in [0.1, 0.15) is 0 Å². The fraction of sp³-hybridized carbons (Fsp3) is 1.00. The summed E-state index contributed by atoms with van der Waals surface area (Å²) in [5.74, 6) is 1.59. The van der Waals surface area contributed by atoms with E-state index in [1.54, 1.807) is 0 Å². The van der Waals surface area contributed by atoms with Crippen LogP contribution in [-0.4, -0.2) is 12.2 Å². The second kappa shape index (κ2) is 18.3. The third-order valence-corrected chi connectivity index (χ3v) is 7.03. The van der Waals surface area contributed by atoms with Gasteiger partial charge in [0, 0.05) is 0 Å². The maximum atomic E-state index is 6.97. The maximum Gasteiger partial charge on any atom is 0.0579 e. The van der Waals surface area contributed by atoms with Crippen molar-refractivity contribution in [1.82, 2.24) is 0 Å². The van der Waals surface area contributed by atoms with Crippen molar-refractivity contribution in [3.8, 4) is 0 Å². The highest BCUT2D eigenvalue weighted by molar-refractivity contribution is 4.72. The molecule has 200 valence electrons. The molecule has 0 bridgehead atoms. The van der Waals surface area contributed by atoms with Crippen LogP contribution >= 0.6 is 0 Å². The van der Waals surface area contributed by atoms with Crippen molar-refractivity contribution in [2.45, 2.75) is 184 Å². The molecule has 0 aromatic heterocycles. The Balaban J connectivity index is 4.96. The molecule has 0 saturated heterocycles. The molecule has 0 fully saturated rings. The van der Waals surface area contributed by atoms with Gasteiger partial charge in [-0.2, -0.15) is 0 Å². The minimum Gasteiger partial charge on any atom is -0.375 e. The first kappa shape index (κ1) is 33.0. The van der Waals surface area contributed by atoms with Gasteiger partial charge in [-0.3, -0.25) is 0 Å². The number of hydrogen-bond acceptors (Lipinski definition) is 1. The van der Waals surface area contributed by atoms with Crippen molar-refractivity contribution in [2.75, 3.05) is 0 Å². The van der Waals surface area contributed by atoms with Crippen LogP contribution in [0.3, 0.4) is 0 Å². The summed E-state index contributed by atoms with van der Waals surface area (Å²) in [6.45, 7) is 23.8. The topological polar surface area (TPSA) is 9.23 Å². The van der Waals surface area contributed by atoms with Crippen molar-refractivity contribution in [3.63, 3.8) is 0 Å². The minimum atomic E-state index is 0.432. The summed E-state index contributed by atoms with van der Waals surface area (Å²) < 4.78 is 6.97. The Bertz CT molecular complexity index is 387. The predicted octanol–water partition coefficient (Wildman–Crippen LogP) is 11.4. The largest absolute Gasteiger partial charge is 0.375 e. The van der Waals surface area contributed by atoms with Crippen molar-refractivity contribution in [2.24, 2.45) is 22.7 Å².